The predicted octanol–water partition coefficient (Wildman–Crippen LogP) is 0.915. The molecule has 0 aliphatic heterocycles. The number of imide groups is 1. The smallest absolute Gasteiger partial charge is 0.259 e. The fraction of sp³-hybridized carbons (Fsp3) is 0.111. The van der Waals surface area contributed by atoms with E-state index >= 15 is 0 Å². The molecular weight excluding hydrogens is 154 g/mol. The molecule has 0 aliphatic carbocycles. The number of hydrogen-bond acceptors (Lipinski definition) is 2. The highest BCUT2D eigenvalue weighted by Crippen LogP contribution is 2.00. The largest absolute Gasteiger partial charge is 0.284 e. The Morgan fingerprint density at radius 3 is 2.42 bits per heavy atom. The molecule has 0 N–H and O–H groups in total. The Morgan fingerprint density at radius 1 is 1.33 bits per heavy atom. The van der Waals surface area contributed by atoms with Gasteiger partial charge in [-0.25, -0.2) is 0 Å². The zero-order chi connectivity index (χ0) is 8.97. The molecule has 0 unspecified atom stereocenters. The van der Waals surface area contributed by atoms with Crippen LogP contribution in [0.1, 0.15) is 10.4 Å². The van der Waals surface area contributed by atoms with Gasteiger partial charge in [0, 0.05) is 12.6 Å². The van der Waals surface area contributed by atoms with Crippen LogP contribution < -0.4 is 0 Å². The van der Waals surface area contributed by atoms with Gasteiger partial charge in [-0.15, -0.1) is 0 Å². The molecule has 0 saturated carbocycles. The quantitative estimate of drug-likeness (QED) is 0.608. The third-order valence-electron chi connectivity index (χ3n) is 1.50. The molecule has 62 valence electrons. The first-order valence-corrected chi connectivity index (χ1v) is 3.53. The fourth-order valence-electron chi connectivity index (χ4n) is 0.832. The van der Waals surface area contributed by atoms with Crippen molar-refractivity contribution in [1.82, 2.24) is 4.90 Å². The van der Waals surface area contributed by atoms with Gasteiger partial charge in [0.15, 0.2) is 0 Å². The van der Waals surface area contributed by atoms with E-state index in [1.54, 1.807) is 24.3 Å². The van der Waals surface area contributed by atoms with Crippen LogP contribution in [-0.4, -0.2) is 24.3 Å². The fourth-order valence-corrected chi connectivity index (χ4v) is 0.832. The van der Waals surface area contributed by atoms with E-state index in [2.05, 4.69) is 0 Å². The molecule has 0 saturated heterocycles. The number of amides is 2. The van der Waals surface area contributed by atoms with Crippen LogP contribution in [0.5, 0.6) is 0 Å². The lowest BCUT2D eigenvalue weighted by molar-refractivity contribution is -0.115. The van der Waals surface area contributed by atoms with Gasteiger partial charge in [0.25, 0.3) is 5.91 Å². The minimum atomic E-state index is -0.286. The average molecular weight is 163 g/mol. The van der Waals surface area contributed by atoms with Gasteiger partial charge in [-0.1, -0.05) is 18.2 Å². The highest BCUT2D eigenvalue weighted by molar-refractivity contribution is 5.99. The summed E-state index contributed by atoms with van der Waals surface area (Å²) < 4.78 is 0. The molecule has 2 amide bonds. The van der Waals surface area contributed by atoms with E-state index in [1.807, 2.05) is 6.07 Å². The summed E-state index contributed by atoms with van der Waals surface area (Å²) in [5.74, 6) is -0.286. The SMILES string of the molecule is CN(C=O)C(=O)c1ccccc1. The van der Waals surface area contributed by atoms with Gasteiger partial charge in [-0.2, -0.15) is 0 Å². The summed E-state index contributed by atoms with van der Waals surface area (Å²) in [6.07, 6.45) is 0.495. The van der Waals surface area contributed by atoms with Crippen molar-refractivity contribution >= 4 is 12.3 Å². The Bertz CT molecular complexity index is 282. The lowest BCUT2D eigenvalue weighted by atomic mass is 10.2. The van der Waals surface area contributed by atoms with Crippen molar-refractivity contribution in [1.29, 1.82) is 0 Å². The first-order chi connectivity index (χ1) is 5.75. The summed E-state index contributed by atoms with van der Waals surface area (Å²) in [6, 6.07) is 8.67. The number of nitrogens with zero attached hydrogens (tertiary/aromatic N) is 1. The molecule has 0 bridgehead atoms. The van der Waals surface area contributed by atoms with Crippen molar-refractivity contribution in [2.75, 3.05) is 7.05 Å². The summed E-state index contributed by atoms with van der Waals surface area (Å²) in [5, 5.41) is 0. The van der Waals surface area contributed by atoms with Crippen LogP contribution in [0, 0.1) is 0 Å². The lowest BCUT2D eigenvalue weighted by Crippen LogP contribution is -2.24. The maximum atomic E-state index is 11.3. The minimum absolute atomic E-state index is 0.286. The molecule has 0 heterocycles. The van der Waals surface area contributed by atoms with Gasteiger partial charge < -0.3 is 0 Å². The van der Waals surface area contributed by atoms with Crippen LogP contribution in [0.3, 0.4) is 0 Å². The summed E-state index contributed by atoms with van der Waals surface area (Å²) in [4.78, 5) is 22.5. The van der Waals surface area contributed by atoms with Crippen molar-refractivity contribution in [3.63, 3.8) is 0 Å². The zero-order valence-electron chi connectivity index (χ0n) is 6.73. The van der Waals surface area contributed by atoms with Crippen molar-refractivity contribution in [3.8, 4) is 0 Å². The van der Waals surface area contributed by atoms with Crippen molar-refractivity contribution < 1.29 is 9.59 Å². The molecule has 0 radical (unpaired) electrons. The Kier molecular flexibility index (Phi) is 2.58. The number of rotatable bonds is 2. The van der Waals surface area contributed by atoms with Crippen LogP contribution in [0.4, 0.5) is 0 Å². The molecule has 3 nitrogen and oxygen atoms in total. The maximum Gasteiger partial charge on any atom is 0.259 e. The van der Waals surface area contributed by atoms with Crippen molar-refractivity contribution in [2.24, 2.45) is 0 Å². The number of hydrogen-bond donors (Lipinski definition) is 0. The van der Waals surface area contributed by atoms with E-state index in [0.717, 1.165) is 4.90 Å². The monoisotopic (exact) mass is 163 g/mol. The number of carbonyl (C=O) groups is 2. The molecule has 0 aromatic heterocycles. The standard InChI is InChI=1S/C9H9NO2/c1-10(7-11)9(12)8-5-3-2-4-6-8/h2-7H,1H3. The van der Waals surface area contributed by atoms with E-state index in [1.165, 1.54) is 7.05 Å². The van der Waals surface area contributed by atoms with Crippen molar-refractivity contribution in [3.05, 3.63) is 35.9 Å². The first-order valence-electron chi connectivity index (χ1n) is 3.53. The zero-order valence-corrected chi connectivity index (χ0v) is 6.73. The highest BCUT2D eigenvalue weighted by atomic mass is 16.2. The van der Waals surface area contributed by atoms with E-state index < -0.39 is 0 Å². The molecule has 3 heteroatoms. The molecule has 0 fully saturated rings. The maximum absolute atomic E-state index is 11.3. The van der Waals surface area contributed by atoms with Crippen LogP contribution in [0.2, 0.25) is 0 Å². The Balaban J connectivity index is 2.85. The molecule has 0 aliphatic rings. The molecule has 1 aromatic carbocycles. The summed E-state index contributed by atoms with van der Waals surface area (Å²) in [7, 11) is 1.43. The normalized spacial score (nSPS) is 9.08. The molecule has 0 spiro atoms. The van der Waals surface area contributed by atoms with E-state index in [4.69, 9.17) is 0 Å². The van der Waals surface area contributed by atoms with Crippen LogP contribution in [-0.2, 0) is 4.79 Å². The van der Waals surface area contributed by atoms with Gasteiger partial charge in [0.2, 0.25) is 6.41 Å². The molecular formula is C9H9NO2. The van der Waals surface area contributed by atoms with Gasteiger partial charge in [0.1, 0.15) is 0 Å². The van der Waals surface area contributed by atoms with Crippen LogP contribution in [0.15, 0.2) is 30.3 Å². The highest BCUT2D eigenvalue weighted by Gasteiger charge is 2.08. The van der Waals surface area contributed by atoms with Crippen molar-refractivity contribution in [2.45, 2.75) is 0 Å². The van der Waals surface area contributed by atoms with Gasteiger partial charge in [-0.05, 0) is 12.1 Å². The molecule has 1 rings (SSSR count). The average Bonchev–Trinajstić information content (AvgIpc) is 2.17. The van der Waals surface area contributed by atoms with Crippen LogP contribution >= 0.6 is 0 Å². The van der Waals surface area contributed by atoms with Gasteiger partial charge in [-0.3, -0.25) is 14.5 Å². The topological polar surface area (TPSA) is 37.4 Å². The summed E-state index contributed by atoms with van der Waals surface area (Å²) in [6.45, 7) is 0. The number of benzene rings is 1. The van der Waals surface area contributed by atoms with E-state index in [0.29, 0.717) is 12.0 Å². The van der Waals surface area contributed by atoms with E-state index in [-0.39, 0.29) is 5.91 Å². The molecule has 0 atom stereocenters. The summed E-state index contributed by atoms with van der Waals surface area (Å²) in [5.41, 5.74) is 0.520. The Morgan fingerprint density at radius 2 is 1.92 bits per heavy atom. The third kappa shape index (κ3) is 1.69. The van der Waals surface area contributed by atoms with Gasteiger partial charge in [0.05, 0.1) is 0 Å². The van der Waals surface area contributed by atoms with Gasteiger partial charge >= 0.3 is 0 Å². The second-order valence-corrected chi connectivity index (χ2v) is 2.39. The Hall–Kier alpha value is -1.64. The second-order valence-electron chi connectivity index (χ2n) is 2.39. The Labute approximate surface area is 70.6 Å². The lowest BCUT2D eigenvalue weighted by Gasteiger charge is -2.07. The third-order valence-corrected chi connectivity index (χ3v) is 1.50. The second kappa shape index (κ2) is 3.67. The molecule has 1 aromatic rings. The van der Waals surface area contributed by atoms with Crippen LogP contribution in [0.25, 0.3) is 0 Å². The molecule has 12 heavy (non-hydrogen) atoms. The predicted molar refractivity (Wildman–Crippen MR) is 44.6 cm³/mol. The first kappa shape index (κ1) is 8.46. The number of carbonyl (C=O) groups excluding carboxylic acids is 2. The minimum Gasteiger partial charge on any atom is -0.284 e. The summed E-state index contributed by atoms with van der Waals surface area (Å²) >= 11 is 0. The van der Waals surface area contributed by atoms with E-state index in [9.17, 15) is 9.59 Å².